The quantitative estimate of drug-likeness (QED) is 0.182. The molecule has 0 atom stereocenters. The van der Waals surface area contributed by atoms with E-state index in [9.17, 15) is 4.39 Å². The number of halogens is 1. The van der Waals surface area contributed by atoms with E-state index < -0.39 is 0 Å². The average molecular weight is 662 g/mol. The molecule has 0 radical (unpaired) electrons. The number of thiophene rings is 1. The Hall–Kier alpha value is -6.23. The molecule has 0 N–H and O–H groups in total. The number of hydrogen-bond donors (Lipinski definition) is 0. The van der Waals surface area contributed by atoms with Crippen LogP contribution in [0.4, 0.5) is 21.5 Å². The summed E-state index contributed by atoms with van der Waals surface area (Å²) < 4.78 is 23.4. The summed E-state index contributed by atoms with van der Waals surface area (Å²) in [4.78, 5) is 2.37. The molecule has 2 nitrogen and oxygen atoms in total. The molecule has 0 saturated carbocycles. The highest BCUT2D eigenvalue weighted by Crippen LogP contribution is 2.47. The Bertz CT molecular complexity index is 2800. The Labute approximate surface area is 291 Å². The maximum absolute atomic E-state index is 14.6. The van der Waals surface area contributed by atoms with Gasteiger partial charge in [-0.05, 0) is 94.2 Å². The first-order valence-electron chi connectivity index (χ1n) is 16.7. The van der Waals surface area contributed by atoms with E-state index in [2.05, 4.69) is 138 Å². The third-order valence-electron chi connectivity index (χ3n) is 9.71. The average Bonchev–Trinajstić information content (AvgIpc) is 3.73. The van der Waals surface area contributed by atoms with Gasteiger partial charge in [-0.15, -0.1) is 11.3 Å². The Kier molecular flexibility index (Phi) is 6.58. The summed E-state index contributed by atoms with van der Waals surface area (Å²) in [5.41, 5.74) is 8.87. The van der Waals surface area contributed by atoms with Crippen molar-refractivity contribution in [3.63, 3.8) is 0 Å². The van der Waals surface area contributed by atoms with E-state index >= 15 is 0 Å². The summed E-state index contributed by atoms with van der Waals surface area (Å²) in [6, 6.07) is 58.3. The van der Waals surface area contributed by atoms with Gasteiger partial charge in [0.15, 0.2) is 0 Å². The standard InChI is InChI=1S/C46H28FNOS/c47-31-13-7-12-30(26-31)34-17-8-10-29-11-9-18-38(46(29)34)35-14-1-4-19-41(35)48(32-22-24-43-39(27-32)36-15-2-5-20-42(36)49-43)33-23-25-45-40(28-33)37-16-3-6-21-44(37)50-45/h1-28H. The monoisotopic (exact) mass is 661 g/mol. The molecule has 0 unspecified atom stereocenters. The van der Waals surface area contributed by atoms with Gasteiger partial charge in [0.1, 0.15) is 17.0 Å². The van der Waals surface area contributed by atoms with Crippen molar-refractivity contribution in [2.75, 3.05) is 4.90 Å². The zero-order valence-electron chi connectivity index (χ0n) is 26.8. The van der Waals surface area contributed by atoms with E-state index in [4.69, 9.17) is 4.42 Å². The summed E-state index contributed by atoms with van der Waals surface area (Å²) in [7, 11) is 0. The molecule has 236 valence electrons. The molecule has 2 heterocycles. The van der Waals surface area contributed by atoms with Gasteiger partial charge in [-0.3, -0.25) is 0 Å². The van der Waals surface area contributed by atoms with Crippen LogP contribution in [0.15, 0.2) is 174 Å². The Morgan fingerprint density at radius 1 is 0.460 bits per heavy atom. The highest BCUT2D eigenvalue weighted by molar-refractivity contribution is 7.25. The minimum atomic E-state index is -0.248. The minimum absolute atomic E-state index is 0.248. The van der Waals surface area contributed by atoms with Gasteiger partial charge >= 0.3 is 0 Å². The molecule has 4 heteroatoms. The van der Waals surface area contributed by atoms with E-state index in [-0.39, 0.29) is 5.82 Å². The zero-order chi connectivity index (χ0) is 33.2. The van der Waals surface area contributed by atoms with Gasteiger partial charge in [-0.25, -0.2) is 4.39 Å². The number of furan rings is 1. The topological polar surface area (TPSA) is 16.4 Å². The number of rotatable bonds is 5. The minimum Gasteiger partial charge on any atom is -0.456 e. The van der Waals surface area contributed by atoms with Crippen molar-refractivity contribution in [2.45, 2.75) is 0 Å². The predicted molar refractivity (Wildman–Crippen MR) is 210 cm³/mol. The van der Waals surface area contributed by atoms with E-state index in [1.165, 1.54) is 26.2 Å². The first kappa shape index (κ1) is 28.8. The Morgan fingerprint density at radius 2 is 1.12 bits per heavy atom. The van der Waals surface area contributed by atoms with Crippen molar-refractivity contribution in [3.8, 4) is 22.3 Å². The molecule has 0 aliphatic carbocycles. The van der Waals surface area contributed by atoms with Gasteiger partial charge in [0.25, 0.3) is 0 Å². The lowest BCUT2D eigenvalue weighted by atomic mass is 9.90. The predicted octanol–water partition coefficient (Wildman–Crippen LogP) is 14.0. The Balaban J connectivity index is 1.26. The highest BCUT2D eigenvalue weighted by Gasteiger charge is 2.21. The summed E-state index contributed by atoms with van der Waals surface area (Å²) in [5, 5.41) is 6.84. The van der Waals surface area contributed by atoms with Crippen molar-refractivity contribution < 1.29 is 8.81 Å². The largest absolute Gasteiger partial charge is 0.456 e. The molecule has 50 heavy (non-hydrogen) atoms. The van der Waals surface area contributed by atoms with Crippen molar-refractivity contribution in [1.29, 1.82) is 0 Å². The van der Waals surface area contributed by atoms with Crippen LogP contribution >= 0.6 is 11.3 Å². The molecule has 0 aliphatic rings. The smallest absolute Gasteiger partial charge is 0.135 e. The first-order valence-corrected chi connectivity index (χ1v) is 17.5. The zero-order valence-corrected chi connectivity index (χ0v) is 27.6. The second-order valence-electron chi connectivity index (χ2n) is 12.6. The van der Waals surface area contributed by atoms with Crippen molar-refractivity contribution in [1.82, 2.24) is 0 Å². The lowest BCUT2D eigenvalue weighted by Gasteiger charge is -2.28. The summed E-state index contributed by atoms with van der Waals surface area (Å²) in [6.45, 7) is 0. The number of anilines is 3. The van der Waals surface area contributed by atoms with Gasteiger partial charge in [0, 0.05) is 47.9 Å². The molecule has 0 bridgehead atoms. The maximum Gasteiger partial charge on any atom is 0.135 e. The number of nitrogens with zero attached hydrogens (tertiary/aromatic N) is 1. The third kappa shape index (κ3) is 4.61. The highest BCUT2D eigenvalue weighted by atomic mass is 32.1. The molecular weight excluding hydrogens is 634 g/mol. The van der Waals surface area contributed by atoms with Gasteiger partial charge in [0.05, 0.1) is 5.69 Å². The maximum atomic E-state index is 14.6. The fourth-order valence-corrected chi connectivity index (χ4v) is 8.58. The van der Waals surface area contributed by atoms with E-state index in [0.717, 1.165) is 72.0 Å². The van der Waals surface area contributed by atoms with Crippen LogP contribution in [-0.2, 0) is 0 Å². The van der Waals surface area contributed by atoms with E-state index in [0.29, 0.717) is 0 Å². The van der Waals surface area contributed by atoms with Crippen LogP contribution in [0.5, 0.6) is 0 Å². The van der Waals surface area contributed by atoms with Crippen LogP contribution in [0.25, 0.3) is 75.1 Å². The van der Waals surface area contributed by atoms with Crippen molar-refractivity contribution in [3.05, 3.63) is 176 Å². The van der Waals surface area contributed by atoms with Crippen molar-refractivity contribution in [2.24, 2.45) is 0 Å². The summed E-state index contributed by atoms with van der Waals surface area (Å²) in [5.74, 6) is -0.248. The molecule has 10 rings (SSSR count). The number of fused-ring (bicyclic) bond motifs is 7. The number of para-hydroxylation sites is 2. The van der Waals surface area contributed by atoms with Gasteiger partial charge < -0.3 is 9.32 Å². The van der Waals surface area contributed by atoms with Crippen LogP contribution in [0.3, 0.4) is 0 Å². The molecular formula is C46H28FNOS. The number of benzene rings is 8. The van der Waals surface area contributed by atoms with E-state index in [1.807, 2.05) is 29.5 Å². The molecule has 2 aromatic heterocycles. The molecule has 0 amide bonds. The first-order chi connectivity index (χ1) is 24.7. The van der Waals surface area contributed by atoms with Crippen LogP contribution in [-0.4, -0.2) is 0 Å². The van der Waals surface area contributed by atoms with E-state index in [1.54, 1.807) is 12.1 Å². The van der Waals surface area contributed by atoms with Gasteiger partial charge in [0.2, 0.25) is 0 Å². The number of hydrogen-bond acceptors (Lipinski definition) is 3. The fourth-order valence-electron chi connectivity index (χ4n) is 7.49. The molecule has 0 aliphatic heterocycles. The Morgan fingerprint density at radius 3 is 2.00 bits per heavy atom. The summed E-state index contributed by atoms with van der Waals surface area (Å²) in [6.07, 6.45) is 0. The lowest BCUT2D eigenvalue weighted by molar-refractivity contribution is 0.628. The fraction of sp³-hybridized carbons (Fsp3) is 0. The third-order valence-corrected chi connectivity index (χ3v) is 10.9. The second kappa shape index (κ2) is 11.4. The van der Waals surface area contributed by atoms with Gasteiger partial charge in [-0.1, -0.05) is 103 Å². The van der Waals surface area contributed by atoms with Crippen LogP contribution in [0.1, 0.15) is 0 Å². The molecule has 0 spiro atoms. The SMILES string of the molecule is Fc1cccc(-c2cccc3cccc(-c4ccccc4N(c4ccc5oc6ccccc6c5c4)c4ccc5sc6ccccc6c5c4)c23)c1. The van der Waals surface area contributed by atoms with Gasteiger partial charge in [-0.2, -0.15) is 0 Å². The normalized spacial score (nSPS) is 11.7. The lowest BCUT2D eigenvalue weighted by Crippen LogP contribution is -2.11. The van der Waals surface area contributed by atoms with Crippen molar-refractivity contribution >= 4 is 81.3 Å². The second-order valence-corrected chi connectivity index (χ2v) is 13.7. The summed E-state index contributed by atoms with van der Waals surface area (Å²) >= 11 is 1.82. The van der Waals surface area contributed by atoms with Crippen LogP contribution < -0.4 is 4.90 Å². The molecule has 0 fully saturated rings. The van der Waals surface area contributed by atoms with Crippen LogP contribution in [0, 0.1) is 5.82 Å². The molecule has 8 aromatic carbocycles. The molecule has 10 aromatic rings. The molecule has 0 saturated heterocycles. The van der Waals surface area contributed by atoms with Crippen LogP contribution in [0.2, 0.25) is 0 Å².